The van der Waals surface area contributed by atoms with E-state index in [0.29, 0.717) is 17.9 Å². The number of para-hydroxylation sites is 1. The van der Waals surface area contributed by atoms with Gasteiger partial charge in [-0.05, 0) is 19.1 Å². The van der Waals surface area contributed by atoms with Gasteiger partial charge in [-0.15, -0.1) is 0 Å². The summed E-state index contributed by atoms with van der Waals surface area (Å²) in [7, 11) is 0. The fraction of sp³-hybridized carbons (Fsp3) is 0.273. The van der Waals surface area contributed by atoms with E-state index in [-0.39, 0.29) is 11.7 Å². The van der Waals surface area contributed by atoms with Gasteiger partial charge < -0.3 is 9.84 Å². The normalized spacial score (nSPS) is 10.4. The number of ether oxygens (including phenoxy) is 1. The lowest BCUT2D eigenvalue weighted by molar-refractivity contribution is -0.118. The molecule has 0 heterocycles. The molecule has 16 heavy (non-hydrogen) atoms. The molecule has 0 bridgehead atoms. The summed E-state index contributed by atoms with van der Waals surface area (Å²) in [6.45, 7) is 3.66. The second-order valence-corrected chi connectivity index (χ2v) is 3.05. The Bertz CT molecular complexity index is 402. The highest BCUT2D eigenvalue weighted by atomic mass is 16.5. The van der Waals surface area contributed by atoms with Crippen molar-refractivity contribution in [2.24, 2.45) is 5.10 Å². The highest BCUT2D eigenvalue weighted by Crippen LogP contribution is 2.28. The number of hydrogen-bond donors (Lipinski definition) is 2. The van der Waals surface area contributed by atoms with Crippen LogP contribution in [-0.2, 0) is 4.79 Å². The maximum atomic E-state index is 10.6. The summed E-state index contributed by atoms with van der Waals surface area (Å²) in [6, 6.07) is 5.07. The van der Waals surface area contributed by atoms with Crippen LogP contribution in [0.5, 0.6) is 11.5 Å². The van der Waals surface area contributed by atoms with Gasteiger partial charge in [0, 0.05) is 12.5 Å². The van der Waals surface area contributed by atoms with E-state index in [2.05, 4.69) is 10.5 Å². The van der Waals surface area contributed by atoms with Gasteiger partial charge in [-0.3, -0.25) is 4.79 Å². The Morgan fingerprint density at radius 1 is 1.62 bits per heavy atom. The summed E-state index contributed by atoms with van der Waals surface area (Å²) in [6.07, 6.45) is 1.36. The van der Waals surface area contributed by atoms with Gasteiger partial charge in [0.05, 0.1) is 12.8 Å². The number of benzene rings is 1. The Kier molecular flexibility index (Phi) is 4.32. The van der Waals surface area contributed by atoms with Gasteiger partial charge in [0.2, 0.25) is 5.91 Å². The molecule has 0 aromatic heterocycles. The molecule has 0 atom stereocenters. The van der Waals surface area contributed by atoms with Crippen molar-refractivity contribution in [3.05, 3.63) is 23.8 Å². The van der Waals surface area contributed by atoms with Gasteiger partial charge in [0.25, 0.3) is 0 Å². The predicted octanol–water partition coefficient (Wildman–Crippen LogP) is 1.26. The van der Waals surface area contributed by atoms with Crippen LogP contribution in [0.3, 0.4) is 0 Å². The number of phenols is 1. The monoisotopic (exact) mass is 222 g/mol. The predicted molar refractivity (Wildman–Crippen MR) is 60.7 cm³/mol. The number of nitrogens with one attached hydrogen (secondary N) is 1. The molecule has 0 spiro atoms. The fourth-order valence-corrected chi connectivity index (χ4v) is 1.11. The van der Waals surface area contributed by atoms with Crippen molar-refractivity contribution in [2.45, 2.75) is 13.8 Å². The molecule has 0 aliphatic rings. The van der Waals surface area contributed by atoms with E-state index in [1.54, 1.807) is 18.2 Å². The van der Waals surface area contributed by atoms with Gasteiger partial charge in [-0.25, -0.2) is 5.43 Å². The third-order valence-electron chi connectivity index (χ3n) is 1.76. The zero-order chi connectivity index (χ0) is 12.0. The standard InChI is InChI=1S/C11H14N2O3/c1-3-16-10-6-4-5-9(11(10)15)7-12-13-8(2)14/h4-7,15H,3H2,1-2H3,(H,13,14)/b12-7-. The molecule has 5 heteroatoms. The number of amides is 1. The number of hydrazone groups is 1. The van der Waals surface area contributed by atoms with Crippen molar-refractivity contribution < 1.29 is 14.6 Å². The van der Waals surface area contributed by atoms with E-state index >= 15 is 0 Å². The third-order valence-corrected chi connectivity index (χ3v) is 1.76. The summed E-state index contributed by atoms with van der Waals surface area (Å²) in [5, 5.41) is 13.4. The lowest BCUT2D eigenvalue weighted by atomic mass is 10.2. The van der Waals surface area contributed by atoms with E-state index in [1.807, 2.05) is 6.92 Å². The Morgan fingerprint density at radius 2 is 2.38 bits per heavy atom. The van der Waals surface area contributed by atoms with Crippen molar-refractivity contribution in [2.75, 3.05) is 6.61 Å². The largest absolute Gasteiger partial charge is 0.504 e. The molecule has 1 rings (SSSR count). The second-order valence-electron chi connectivity index (χ2n) is 3.05. The highest BCUT2D eigenvalue weighted by Gasteiger charge is 2.05. The van der Waals surface area contributed by atoms with Crippen LogP contribution in [0.1, 0.15) is 19.4 Å². The maximum Gasteiger partial charge on any atom is 0.236 e. The van der Waals surface area contributed by atoms with Crippen LogP contribution in [-0.4, -0.2) is 23.8 Å². The molecule has 5 nitrogen and oxygen atoms in total. The van der Waals surface area contributed by atoms with Crippen molar-refractivity contribution in [1.82, 2.24) is 5.43 Å². The summed E-state index contributed by atoms with van der Waals surface area (Å²) in [4.78, 5) is 10.6. The molecule has 0 aliphatic carbocycles. The van der Waals surface area contributed by atoms with Crippen LogP contribution in [0.15, 0.2) is 23.3 Å². The van der Waals surface area contributed by atoms with Gasteiger partial charge >= 0.3 is 0 Å². The molecule has 1 aromatic rings. The molecule has 0 aliphatic heterocycles. The SMILES string of the molecule is CCOc1cccc(/C=N\NC(C)=O)c1O. The minimum absolute atomic E-state index is 0.0125. The first kappa shape index (κ1) is 12.0. The number of rotatable bonds is 4. The first-order valence-electron chi connectivity index (χ1n) is 4.89. The van der Waals surface area contributed by atoms with Crippen LogP contribution in [0.4, 0.5) is 0 Å². The quantitative estimate of drug-likeness (QED) is 0.595. The fourth-order valence-electron chi connectivity index (χ4n) is 1.11. The molecule has 0 unspecified atom stereocenters. The van der Waals surface area contributed by atoms with Gasteiger partial charge in [-0.2, -0.15) is 5.10 Å². The van der Waals surface area contributed by atoms with Gasteiger partial charge in [-0.1, -0.05) is 6.07 Å². The molecule has 86 valence electrons. The Hall–Kier alpha value is -2.04. The van der Waals surface area contributed by atoms with Crippen molar-refractivity contribution in [3.8, 4) is 11.5 Å². The second kappa shape index (κ2) is 5.75. The lowest BCUT2D eigenvalue weighted by Crippen LogP contribution is -2.12. The summed E-state index contributed by atoms with van der Waals surface area (Å²) in [5.41, 5.74) is 2.74. The summed E-state index contributed by atoms with van der Waals surface area (Å²) in [5.74, 6) is 0.143. The highest BCUT2D eigenvalue weighted by molar-refractivity contribution is 5.85. The molecular formula is C11H14N2O3. The molecule has 0 saturated carbocycles. The number of hydrogen-bond acceptors (Lipinski definition) is 4. The first-order chi connectivity index (χ1) is 7.65. The summed E-state index contributed by atoms with van der Waals surface area (Å²) < 4.78 is 5.21. The minimum atomic E-state index is -0.267. The van der Waals surface area contributed by atoms with Crippen LogP contribution >= 0.6 is 0 Å². The molecular weight excluding hydrogens is 208 g/mol. The number of aromatic hydroxyl groups is 1. The zero-order valence-corrected chi connectivity index (χ0v) is 9.23. The Labute approximate surface area is 93.7 Å². The molecule has 1 aromatic carbocycles. The maximum absolute atomic E-state index is 10.6. The Balaban J connectivity index is 2.84. The first-order valence-corrected chi connectivity index (χ1v) is 4.89. The molecule has 2 N–H and O–H groups in total. The smallest absolute Gasteiger partial charge is 0.236 e. The zero-order valence-electron chi connectivity index (χ0n) is 9.23. The topological polar surface area (TPSA) is 70.9 Å². The third kappa shape index (κ3) is 3.27. The lowest BCUT2D eigenvalue weighted by Gasteiger charge is -2.06. The average molecular weight is 222 g/mol. The number of phenolic OH excluding ortho intramolecular Hbond substituents is 1. The van der Waals surface area contributed by atoms with Crippen LogP contribution in [0.2, 0.25) is 0 Å². The number of carbonyl (C=O) groups excluding carboxylic acids is 1. The molecule has 1 amide bonds. The van der Waals surface area contributed by atoms with Crippen molar-refractivity contribution in [1.29, 1.82) is 0 Å². The molecule has 0 saturated heterocycles. The van der Waals surface area contributed by atoms with Crippen LogP contribution < -0.4 is 10.2 Å². The van der Waals surface area contributed by atoms with Crippen LogP contribution in [0.25, 0.3) is 0 Å². The number of nitrogens with zero attached hydrogens (tertiary/aromatic N) is 1. The van der Waals surface area contributed by atoms with E-state index in [0.717, 1.165) is 0 Å². The van der Waals surface area contributed by atoms with Crippen molar-refractivity contribution in [3.63, 3.8) is 0 Å². The minimum Gasteiger partial charge on any atom is -0.504 e. The Morgan fingerprint density at radius 3 is 3.00 bits per heavy atom. The average Bonchev–Trinajstić information content (AvgIpc) is 2.23. The molecule has 0 fully saturated rings. The van der Waals surface area contributed by atoms with E-state index in [4.69, 9.17) is 4.74 Å². The van der Waals surface area contributed by atoms with Crippen LogP contribution in [0, 0.1) is 0 Å². The molecule has 0 radical (unpaired) electrons. The summed E-state index contributed by atoms with van der Waals surface area (Å²) >= 11 is 0. The van der Waals surface area contributed by atoms with Crippen molar-refractivity contribution >= 4 is 12.1 Å². The van der Waals surface area contributed by atoms with E-state index in [9.17, 15) is 9.90 Å². The van der Waals surface area contributed by atoms with Gasteiger partial charge in [0.1, 0.15) is 0 Å². The van der Waals surface area contributed by atoms with E-state index < -0.39 is 0 Å². The van der Waals surface area contributed by atoms with E-state index in [1.165, 1.54) is 13.1 Å². The number of carbonyl (C=O) groups is 1. The van der Waals surface area contributed by atoms with Gasteiger partial charge in [0.15, 0.2) is 11.5 Å².